The van der Waals surface area contributed by atoms with Crippen molar-refractivity contribution in [3.8, 4) is 0 Å². The van der Waals surface area contributed by atoms with Crippen LogP contribution in [-0.2, 0) is 21.1 Å². The molecule has 0 spiro atoms. The average Bonchev–Trinajstić information content (AvgIpc) is 1.69. The fourth-order valence-corrected chi connectivity index (χ4v) is 0.959. The molecule has 1 aliphatic rings. The Balaban J connectivity index is 0.000000490. The number of likely N-dealkylation sites (tertiary alicyclic amines) is 1. The molecule has 0 unspecified atom stereocenters. The van der Waals surface area contributed by atoms with E-state index >= 15 is 0 Å². The van der Waals surface area contributed by atoms with Crippen LogP contribution in [0.25, 0.3) is 0 Å². The first-order valence-electron chi connectivity index (χ1n) is 2.95. The van der Waals surface area contributed by atoms with Crippen molar-refractivity contribution in [1.82, 2.24) is 4.90 Å². The fourth-order valence-electron chi connectivity index (χ4n) is 0.959. The molecule has 1 heterocycles. The first-order chi connectivity index (χ1) is 3.39. The molecule has 0 N–H and O–H groups in total. The van der Waals surface area contributed by atoms with E-state index in [-0.39, 0.29) is 21.1 Å². The van der Waals surface area contributed by atoms with E-state index in [0.717, 1.165) is 0 Å². The van der Waals surface area contributed by atoms with Crippen LogP contribution in [0.5, 0.6) is 0 Å². The monoisotopic (exact) mass is 282 g/mol. The largest absolute Gasteiger partial charge is 2.00 e. The minimum atomic E-state index is 0. The van der Waals surface area contributed by atoms with E-state index < -0.39 is 0 Å². The quantitative estimate of drug-likeness (QED) is 0.605. The Kier molecular flexibility index (Phi) is 4.89. The van der Waals surface area contributed by atoms with Crippen molar-refractivity contribution < 1.29 is 21.1 Å². The van der Waals surface area contributed by atoms with Crippen molar-refractivity contribution in [2.75, 3.05) is 13.1 Å². The van der Waals surface area contributed by atoms with Gasteiger partial charge in [0.05, 0.1) is 0 Å². The van der Waals surface area contributed by atoms with Crippen LogP contribution in [0.3, 0.4) is 0 Å². The summed E-state index contributed by atoms with van der Waals surface area (Å²) in [5.41, 5.74) is 0. The summed E-state index contributed by atoms with van der Waals surface area (Å²) in [7, 11) is 3.83. The molecule has 1 aliphatic heterocycles. The normalized spacial score (nSPS) is 22.1. The van der Waals surface area contributed by atoms with Gasteiger partial charge in [0.15, 0.2) is 0 Å². The average molecular weight is 282 g/mol. The van der Waals surface area contributed by atoms with Crippen molar-refractivity contribution in [2.24, 2.45) is 0 Å². The third kappa shape index (κ3) is 2.84. The van der Waals surface area contributed by atoms with Crippen molar-refractivity contribution in [1.29, 1.82) is 0 Å². The standard InChI is InChI=1S/C6H12N.W/c1-7-5-3-2-4-6-7;/h1-6H2;/q-1;+2. The van der Waals surface area contributed by atoms with Crippen molar-refractivity contribution in [2.45, 2.75) is 19.3 Å². The molecule has 0 radical (unpaired) electrons. The minimum absolute atomic E-state index is 0. The van der Waals surface area contributed by atoms with Gasteiger partial charge in [0.25, 0.3) is 0 Å². The minimum Gasteiger partial charge on any atom is -0.459 e. The number of hydrogen-bond donors (Lipinski definition) is 0. The SMILES string of the molecule is [CH2-]N1CCCCC1.[W+2]. The van der Waals surface area contributed by atoms with Gasteiger partial charge in [-0.25, -0.2) is 0 Å². The predicted octanol–water partition coefficient (Wildman–Crippen LogP) is 1.26. The van der Waals surface area contributed by atoms with Crippen LogP contribution in [0.4, 0.5) is 0 Å². The van der Waals surface area contributed by atoms with Gasteiger partial charge in [-0.2, -0.15) is 0 Å². The molecule has 0 amide bonds. The molecule has 0 bridgehead atoms. The second-order valence-corrected chi connectivity index (χ2v) is 2.18. The van der Waals surface area contributed by atoms with Gasteiger partial charge in [0.2, 0.25) is 0 Å². The third-order valence-electron chi connectivity index (χ3n) is 1.45. The van der Waals surface area contributed by atoms with E-state index in [1.54, 1.807) is 0 Å². The fraction of sp³-hybridized carbons (Fsp3) is 0.833. The molecule has 0 aliphatic carbocycles. The Bertz CT molecular complexity index is 50.5. The summed E-state index contributed by atoms with van der Waals surface area (Å²) in [6, 6.07) is 0. The second-order valence-electron chi connectivity index (χ2n) is 2.18. The molecule has 0 atom stereocenters. The Morgan fingerprint density at radius 3 is 1.75 bits per heavy atom. The summed E-state index contributed by atoms with van der Waals surface area (Å²) in [4.78, 5) is 2.14. The van der Waals surface area contributed by atoms with Crippen LogP contribution in [0.2, 0.25) is 0 Å². The van der Waals surface area contributed by atoms with E-state index in [0.29, 0.717) is 0 Å². The van der Waals surface area contributed by atoms with Gasteiger partial charge in [0.1, 0.15) is 0 Å². The van der Waals surface area contributed by atoms with Gasteiger partial charge >= 0.3 is 21.1 Å². The molecular weight excluding hydrogens is 270 g/mol. The van der Waals surface area contributed by atoms with Crippen LogP contribution >= 0.6 is 0 Å². The number of piperidine rings is 1. The van der Waals surface area contributed by atoms with E-state index in [4.69, 9.17) is 0 Å². The molecule has 1 nitrogen and oxygen atoms in total. The summed E-state index contributed by atoms with van der Waals surface area (Å²) >= 11 is 0. The number of rotatable bonds is 0. The molecule has 0 saturated carbocycles. The molecular formula is C6H12NW+. The zero-order chi connectivity index (χ0) is 5.11. The van der Waals surface area contributed by atoms with Crippen LogP contribution < -0.4 is 0 Å². The van der Waals surface area contributed by atoms with E-state index in [2.05, 4.69) is 11.9 Å². The first kappa shape index (κ1) is 8.65. The maximum atomic E-state index is 3.83. The van der Waals surface area contributed by atoms with E-state index in [9.17, 15) is 0 Å². The molecule has 1 saturated heterocycles. The van der Waals surface area contributed by atoms with E-state index in [1.807, 2.05) is 0 Å². The molecule has 1 rings (SSSR count). The molecule has 8 heavy (non-hydrogen) atoms. The van der Waals surface area contributed by atoms with Crippen LogP contribution in [0.15, 0.2) is 0 Å². The van der Waals surface area contributed by atoms with Gasteiger partial charge in [-0.3, -0.25) is 7.05 Å². The topological polar surface area (TPSA) is 3.24 Å². The van der Waals surface area contributed by atoms with Crippen molar-refractivity contribution >= 4 is 0 Å². The summed E-state index contributed by atoms with van der Waals surface area (Å²) in [5.74, 6) is 0. The van der Waals surface area contributed by atoms with Crippen molar-refractivity contribution in [3.63, 3.8) is 0 Å². The molecule has 0 aromatic carbocycles. The summed E-state index contributed by atoms with van der Waals surface area (Å²) < 4.78 is 0. The Morgan fingerprint density at radius 2 is 1.50 bits per heavy atom. The summed E-state index contributed by atoms with van der Waals surface area (Å²) in [6.07, 6.45) is 4.11. The zero-order valence-corrected chi connectivity index (χ0v) is 8.03. The predicted molar refractivity (Wildman–Crippen MR) is 30.8 cm³/mol. The van der Waals surface area contributed by atoms with Crippen LogP contribution in [0.1, 0.15) is 19.3 Å². The van der Waals surface area contributed by atoms with Gasteiger partial charge in [0, 0.05) is 0 Å². The third-order valence-corrected chi connectivity index (χ3v) is 1.45. The summed E-state index contributed by atoms with van der Waals surface area (Å²) in [5, 5.41) is 0. The first-order valence-corrected chi connectivity index (χ1v) is 2.95. The number of nitrogens with zero attached hydrogens (tertiary/aromatic N) is 1. The van der Waals surface area contributed by atoms with Gasteiger partial charge < -0.3 is 4.90 Å². The molecule has 46 valence electrons. The van der Waals surface area contributed by atoms with Gasteiger partial charge in [-0.1, -0.05) is 6.42 Å². The molecule has 2 heteroatoms. The smallest absolute Gasteiger partial charge is 0.459 e. The van der Waals surface area contributed by atoms with Crippen molar-refractivity contribution in [3.05, 3.63) is 7.05 Å². The maximum Gasteiger partial charge on any atom is 2.00 e. The number of hydrogen-bond acceptors (Lipinski definition) is 1. The summed E-state index contributed by atoms with van der Waals surface area (Å²) in [6.45, 7) is 2.42. The molecule has 0 aromatic heterocycles. The zero-order valence-electron chi connectivity index (χ0n) is 5.10. The molecule has 1 fully saturated rings. The Morgan fingerprint density at radius 1 is 1.00 bits per heavy atom. The maximum absolute atomic E-state index is 3.83. The van der Waals surface area contributed by atoms with Crippen LogP contribution in [-0.4, -0.2) is 18.0 Å². The van der Waals surface area contributed by atoms with E-state index in [1.165, 1.54) is 32.4 Å². The Labute approximate surface area is 65.7 Å². The Hall–Kier alpha value is 0.648. The van der Waals surface area contributed by atoms with Gasteiger partial charge in [-0.15, -0.1) is 0 Å². The molecule has 0 aromatic rings. The van der Waals surface area contributed by atoms with Gasteiger partial charge in [-0.05, 0) is 25.9 Å². The van der Waals surface area contributed by atoms with Crippen LogP contribution in [0, 0.1) is 7.05 Å². The second kappa shape index (κ2) is 4.52.